The number of nitrogen functional groups attached to an aromatic ring is 1. The molecule has 1 aromatic heterocycles. The van der Waals surface area contributed by atoms with Crippen LogP contribution in [0.2, 0.25) is 0 Å². The molecular weight excluding hydrogens is 795 g/mol. The Labute approximate surface area is 309 Å². The van der Waals surface area contributed by atoms with Crippen LogP contribution in [0.4, 0.5) is 5.13 Å². The normalized spacial score (nSPS) is 21.3. The first-order valence-corrected chi connectivity index (χ1v) is 18.5. The maximum atomic E-state index is 12.6. The van der Waals surface area contributed by atoms with E-state index in [4.69, 9.17) is 40.4 Å². The van der Waals surface area contributed by atoms with Crippen molar-refractivity contribution in [3.8, 4) is 0 Å². The number of aliphatic carboxylic acids is 2. The molecule has 5 amide bonds. The highest BCUT2D eigenvalue weighted by molar-refractivity contribution is 7.84. The molecule has 2 saturated heterocycles. The van der Waals surface area contributed by atoms with Crippen molar-refractivity contribution in [1.29, 1.82) is 0 Å². The number of nitrogens with zero attached hydrogens (tertiary/aromatic N) is 4. The van der Waals surface area contributed by atoms with Crippen LogP contribution in [0.25, 0.3) is 0 Å². The number of nitrogens with one attached hydrogen (secondary N) is 3. The van der Waals surface area contributed by atoms with Crippen LogP contribution in [-0.2, 0) is 63.7 Å². The monoisotopic (exact) mass is 831 g/mol. The van der Waals surface area contributed by atoms with Gasteiger partial charge >= 0.3 is 32.5 Å². The number of β-lactam (4-membered cyclic amide) rings is 2. The number of carboxylic acid groups (broad SMARTS) is 2. The summed E-state index contributed by atoms with van der Waals surface area (Å²) in [4.78, 5) is 90.6. The Balaban J connectivity index is 0.000000375. The standard InChI is InChI=1S/C13H17N5O8S2.C12H20N4O9S/c1-5-7(10(20)18(5)28(23,24)25)16-9(19)8(6-4-27-12(14)15-6)17-26-13(2,3)11(21)22;1-6(14-8(17)4-3-7(13)10(19)20)9(18)15-12(25-2)5-16(11(12)21)26(22,23)24/h4-5,7H,1-3H3,(H2,14,15)(H,16,19)(H,21,22)(H,23,24,25);6-7H,3-5,13H2,1-2H3,(H,14,17)(H,15,18)(H,19,20)(H,22,23,24)/b17-8-;/t5-,7-;6-,7-,12-/m01/s1. The molecule has 29 heteroatoms. The smallest absolute Gasteiger partial charge is 0.362 e. The third-order valence-electron chi connectivity index (χ3n) is 7.39. The van der Waals surface area contributed by atoms with Crippen LogP contribution in [0.5, 0.6) is 0 Å². The first kappa shape index (κ1) is 45.1. The zero-order valence-corrected chi connectivity index (χ0v) is 31.2. The van der Waals surface area contributed by atoms with E-state index in [1.807, 2.05) is 0 Å². The van der Waals surface area contributed by atoms with Gasteiger partial charge < -0.3 is 47.2 Å². The third kappa shape index (κ3) is 10.8. The molecular formula is C25H37N9O17S3. The minimum atomic E-state index is -4.77. The maximum absolute atomic E-state index is 12.6. The van der Waals surface area contributed by atoms with Gasteiger partial charge in [-0.25, -0.2) is 18.4 Å². The molecule has 5 atom stereocenters. The van der Waals surface area contributed by atoms with Gasteiger partial charge in [0.25, 0.3) is 17.7 Å². The van der Waals surface area contributed by atoms with Gasteiger partial charge in [-0.15, -0.1) is 11.3 Å². The summed E-state index contributed by atoms with van der Waals surface area (Å²) in [6.07, 6.45) is -0.380. The molecule has 0 unspecified atom stereocenters. The SMILES string of the molecule is CO[C@]1(NC(=O)[C@@H](C)NC(=O)CC[C@@H](N)C(=O)O)CN(S(=O)(=O)O)C1=O.C[C@H]1[C@H](NC(=O)/C(=N\OC(C)(C)C(=O)O)c2csc(N)n2)C(=O)N1S(=O)(=O)O. The zero-order chi connectivity index (χ0) is 41.7. The Kier molecular flexibility index (Phi) is 14.1. The van der Waals surface area contributed by atoms with E-state index in [1.54, 1.807) is 0 Å². The van der Waals surface area contributed by atoms with Gasteiger partial charge in [0.1, 0.15) is 23.8 Å². The summed E-state index contributed by atoms with van der Waals surface area (Å²) in [5.41, 5.74) is 6.54. The highest BCUT2D eigenvalue weighted by atomic mass is 32.2. The highest BCUT2D eigenvalue weighted by Crippen LogP contribution is 2.26. The second kappa shape index (κ2) is 16.9. The van der Waals surface area contributed by atoms with Gasteiger partial charge in [-0.1, -0.05) is 5.16 Å². The van der Waals surface area contributed by atoms with Crippen LogP contribution in [0.1, 0.15) is 46.2 Å². The van der Waals surface area contributed by atoms with Crippen LogP contribution < -0.4 is 27.4 Å². The second-order valence-corrected chi connectivity index (χ2v) is 15.3. The average molecular weight is 832 g/mol. The fourth-order valence-electron chi connectivity index (χ4n) is 4.14. The van der Waals surface area contributed by atoms with Gasteiger partial charge in [0, 0.05) is 18.9 Å². The Hall–Kier alpha value is -5.07. The summed E-state index contributed by atoms with van der Waals surface area (Å²) in [6, 6.07) is -4.67. The second-order valence-electron chi connectivity index (χ2n) is 11.8. The Morgan fingerprint density at radius 2 is 1.74 bits per heavy atom. The van der Waals surface area contributed by atoms with E-state index in [-0.39, 0.29) is 32.3 Å². The first-order valence-electron chi connectivity index (χ1n) is 14.9. The van der Waals surface area contributed by atoms with Crippen LogP contribution in [-0.4, -0.2) is 146 Å². The molecule has 54 heavy (non-hydrogen) atoms. The molecule has 2 aliphatic heterocycles. The minimum Gasteiger partial charge on any atom is -0.480 e. The van der Waals surface area contributed by atoms with Gasteiger partial charge in [-0.2, -0.15) is 16.8 Å². The molecule has 1 aromatic rings. The summed E-state index contributed by atoms with van der Waals surface area (Å²) in [5, 5.41) is 29.4. The number of carboxylic acids is 2. The number of ether oxygens (including phenoxy) is 1. The number of methoxy groups -OCH3 is 1. The van der Waals surface area contributed by atoms with Gasteiger partial charge in [0.15, 0.2) is 10.8 Å². The molecule has 26 nitrogen and oxygen atoms in total. The van der Waals surface area contributed by atoms with Crippen LogP contribution in [0, 0.1) is 0 Å². The molecule has 0 aromatic carbocycles. The summed E-state index contributed by atoms with van der Waals surface area (Å²) in [5.74, 6) is -7.33. The van der Waals surface area contributed by atoms with Crippen molar-refractivity contribution in [2.24, 2.45) is 10.9 Å². The lowest BCUT2D eigenvalue weighted by atomic mass is 10.0. The fraction of sp³-hybridized carbons (Fsp3) is 0.560. The summed E-state index contributed by atoms with van der Waals surface area (Å²) < 4.78 is 67.1. The molecule has 2 fully saturated rings. The van der Waals surface area contributed by atoms with E-state index in [1.165, 1.54) is 33.1 Å². The first-order chi connectivity index (χ1) is 24.6. The number of hydrogen-bond donors (Lipinski definition) is 9. The van der Waals surface area contributed by atoms with Crippen molar-refractivity contribution in [2.75, 3.05) is 19.4 Å². The van der Waals surface area contributed by atoms with Crippen molar-refractivity contribution in [1.82, 2.24) is 29.5 Å². The lowest BCUT2D eigenvalue weighted by molar-refractivity contribution is -0.180. The van der Waals surface area contributed by atoms with E-state index in [9.17, 15) is 50.4 Å². The molecule has 302 valence electrons. The van der Waals surface area contributed by atoms with Crippen molar-refractivity contribution in [2.45, 2.75) is 76.0 Å². The molecule has 0 radical (unpaired) electrons. The maximum Gasteiger partial charge on any atom is 0.362 e. The third-order valence-corrected chi connectivity index (χ3v) is 9.93. The summed E-state index contributed by atoms with van der Waals surface area (Å²) in [7, 11) is -8.48. The number of carbonyl (C=O) groups is 7. The van der Waals surface area contributed by atoms with Crippen LogP contribution in [0.15, 0.2) is 10.5 Å². The minimum absolute atomic E-state index is 0.0350. The predicted molar refractivity (Wildman–Crippen MR) is 179 cm³/mol. The van der Waals surface area contributed by atoms with Crippen LogP contribution in [0.3, 0.4) is 0 Å². The Morgan fingerprint density at radius 1 is 1.15 bits per heavy atom. The molecule has 11 N–H and O–H groups in total. The number of anilines is 1. The number of aromatic nitrogens is 1. The summed E-state index contributed by atoms with van der Waals surface area (Å²) >= 11 is 0.980. The van der Waals surface area contributed by atoms with Crippen molar-refractivity contribution < 1.29 is 79.3 Å². The zero-order valence-electron chi connectivity index (χ0n) is 28.8. The number of carbonyl (C=O) groups excluding carboxylic acids is 5. The van der Waals surface area contributed by atoms with E-state index in [2.05, 4.69) is 26.1 Å². The van der Waals surface area contributed by atoms with Gasteiger partial charge in [-0.3, -0.25) is 37.9 Å². The number of thiazole rings is 1. The number of hydrogen-bond acceptors (Lipinski definition) is 18. The van der Waals surface area contributed by atoms with E-state index in [0.717, 1.165) is 18.4 Å². The van der Waals surface area contributed by atoms with E-state index < -0.39 is 110 Å². The Morgan fingerprint density at radius 3 is 2.17 bits per heavy atom. The van der Waals surface area contributed by atoms with E-state index >= 15 is 0 Å². The molecule has 0 spiro atoms. The lowest BCUT2D eigenvalue weighted by Crippen LogP contribution is -2.76. The van der Waals surface area contributed by atoms with Crippen molar-refractivity contribution in [3.63, 3.8) is 0 Å². The highest BCUT2D eigenvalue weighted by Gasteiger charge is 2.59. The largest absolute Gasteiger partial charge is 0.480 e. The molecule has 0 bridgehead atoms. The van der Waals surface area contributed by atoms with Crippen LogP contribution >= 0.6 is 11.3 Å². The fourth-order valence-corrected chi connectivity index (χ4v) is 6.28. The number of rotatable bonds is 16. The lowest BCUT2D eigenvalue weighted by Gasteiger charge is -2.45. The molecule has 3 rings (SSSR count). The number of oxime groups is 1. The quantitative estimate of drug-likeness (QED) is 0.0250. The topological polar surface area (TPSA) is 407 Å². The Bertz CT molecular complexity index is 1930. The molecule has 0 saturated carbocycles. The average Bonchev–Trinajstić information content (AvgIpc) is 3.48. The number of nitrogens with two attached hydrogens (primary N) is 2. The predicted octanol–water partition coefficient (Wildman–Crippen LogP) is -4.39. The number of amides is 5. The molecule has 2 aliphatic rings. The van der Waals surface area contributed by atoms with E-state index in [0.29, 0.717) is 0 Å². The van der Waals surface area contributed by atoms with Gasteiger partial charge in [-0.05, 0) is 34.1 Å². The van der Waals surface area contributed by atoms with Gasteiger partial charge in [0.2, 0.25) is 23.1 Å². The van der Waals surface area contributed by atoms with Crippen molar-refractivity contribution >= 4 is 84.3 Å². The van der Waals surface area contributed by atoms with Crippen molar-refractivity contribution in [3.05, 3.63) is 11.1 Å². The molecule has 0 aliphatic carbocycles. The summed E-state index contributed by atoms with van der Waals surface area (Å²) in [6.45, 7) is 4.34. The van der Waals surface area contributed by atoms with Gasteiger partial charge in [0.05, 0.1) is 12.6 Å². The molecule has 3 heterocycles.